The second kappa shape index (κ2) is 6.47. The van der Waals surface area contributed by atoms with Gasteiger partial charge in [-0.3, -0.25) is 14.6 Å². The van der Waals surface area contributed by atoms with Gasteiger partial charge in [0.1, 0.15) is 0 Å². The van der Waals surface area contributed by atoms with Crippen LogP contribution in [0.4, 0.5) is 0 Å². The highest BCUT2D eigenvalue weighted by Gasteiger charge is 2.32. The van der Waals surface area contributed by atoms with E-state index in [0.29, 0.717) is 6.54 Å². The van der Waals surface area contributed by atoms with Crippen LogP contribution in [0.3, 0.4) is 0 Å². The molecule has 0 aliphatic carbocycles. The molecule has 108 valence electrons. The Kier molecular flexibility index (Phi) is 4.68. The molecule has 1 fully saturated rings. The molecule has 1 saturated heterocycles. The van der Waals surface area contributed by atoms with Gasteiger partial charge in [0.05, 0.1) is 12.1 Å². The number of carbonyl (C=O) groups is 2. The molecule has 1 aromatic rings. The van der Waals surface area contributed by atoms with Gasteiger partial charge in [0, 0.05) is 25.4 Å². The van der Waals surface area contributed by atoms with Crippen molar-refractivity contribution in [1.29, 1.82) is 0 Å². The first kappa shape index (κ1) is 14.5. The number of carboxylic acids is 1. The van der Waals surface area contributed by atoms with Crippen LogP contribution in [-0.2, 0) is 9.59 Å². The summed E-state index contributed by atoms with van der Waals surface area (Å²) in [6.45, 7) is 0.666. The number of aromatic nitrogens is 1. The van der Waals surface area contributed by atoms with Gasteiger partial charge in [-0.05, 0) is 30.9 Å². The number of amides is 1. The number of carbonyl (C=O) groups excluding carboxylic acids is 1. The number of carboxylic acid groups (broad SMARTS) is 1. The Labute approximate surface area is 117 Å². The SMILES string of the molecule is NC(CCC(=O)O)C(=O)N1CCCC1c1cccnc1. The number of pyridine rings is 1. The molecule has 3 N–H and O–H groups in total. The fourth-order valence-electron chi connectivity index (χ4n) is 2.57. The molecule has 1 aromatic heterocycles. The Balaban J connectivity index is 2.03. The highest BCUT2D eigenvalue weighted by molar-refractivity contribution is 5.83. The third-order valence-electron chi connectivity index (χ3n) is 3.59. The topological polar surface area (TPSA) is 96.5 Å². The van der Waals surface area contributed by atoms with E-state index in [4.69, 9.17) is 10.8 Å². The predicted molar refractivity (Wildman–Crippen MR) is 72.8 cm³/mol. The van der Waals surface area contributed by atoms with Gasteiger partial charge in [-0.1, -0.05) is 6.07 Å². The molecule has 6 heteroatoms. The van der Waals surface area contributed by atoms with Crippen molar-refractivity contribution >= 4 is 11.9 Å². The Morgan fingerprint density at radius 1 is 1.55 bits per heavy atom. The van der Waals surface area contributed by atoms with Crippen LogP contribution in [0.15, 0.2) is 24.5 Å². The molecule has 20 heavy (non-hydrogen) atoms. The summed E-state index contributed by atoms with van der Waals surface area (Å²) in [6, 6.07) is 3.06. The zero-order chi connectivity index (χ0) is 14.5. The van der Waals surface area contributed by atoms with Gasteiger partial charge < -0.3 is 15.7 Å². The molecule has 1 amide bonds. The lowest BCUT2D eigenvalue weighted by Crippen LogP contribution is -2.43. The second-order valence-corrected chi connectivity index (χ2v) is 5.01. The molecule has 0 saturated carbocycles. The molecule has 0 bridgehead atoms. The summed E-state index contributed by atoms with van der Waals surface area (Å²) in [5, 5.41) is 8.65. The maximum absolute atomic E-state index is 12.3. The highest BCUT2D eigenvalue weighted by atomic mass is 16.4. The van der Waals surface area contributed by atoms with Crippen LogP contribution in [-0.4, -0.2) is 39.5 Å². The predicted octanol–water partition coefficient (Wildman–Crippen LogP) is 0.937. The molecular weight excluding hydrogens is 258 g/mol. The Morgan fingerprint density at radius 3 is 3.00 bits per heavy atom. The quantitative estimate of drug-likeness (QED) is 0.834. The first-order chi connectivity index (χ1) is 9.59. The Hall–Kier alpha value is -1.95. The standard InChI is InChI=1S/C14H19N3O3/c15-11(5-6-13(18)19)14(20)17-8-2-4-12(17)10-3-1-7-16-9-10/h1,3,7,9,11-12H,2,4-6,8,15H2,(H,18,19). The van der Waals surface area contributed by atoms with E-state index >= 15 is 0 Å². The van der Waals surface area contributed by atoms with Gasteiger partial charge >= 0.3 is 5.97 Å². The van der Waals surface area contributed by atoms with Crippen molar-refractivity contribution in [1.82, 2.24) is 9.88 Å². The van der Waals surface area contributed by atoms with E-state index < -0.39 is 12.0 Å². The lowest BCUT2D eigenvalue weighted by Gasteiger charge is -2.27. The molecule has 0 spiro atoms. The van der Waals surface area contributed by atoms with E-state index in [-0.39, 0.29) is 24.8 Å². The molecule has 2 heterocycles. The van der Waals surface area contributed by atoms with Crippen molar-refractivity contribution in [3.05, 3.63) is 30.1 Å². The first-order valence-corrected chi connectivity index (χ1v) is 6.77. The fraction of sp³-hybridized carbons (Fsp3) is 0.500. The van der Waals surface area contributed by atoms with Crippen LogP contribution in [0.2, 0.25) is 0 Å². The van der Waals surface area contributed by atoms with Crippen LogP contribution >= 0.6 is 0 Å². The molecule has 2 rings (SSSR count). The molecule has 2 unspecified atom stereocenters. The van der Waals surface area contributed by atoms with E-state index in [0.717, 1.165) is 18.4 Å². The zero-order valence-electron chi connectivity index (χ0n) is 11.2. The number of hydrogen-bond donors (Lipinski definition) is 2. The monoisotopic (exact) mass is 277 g/mol. The average molecular weight is 277 g/mol. The van der Waals surface area contributed by atoms with E-state index in [1.807, 2.05) is 12.1 Å². The van der Waals surface area contributed by atoms with E-state index in [2.05, 4.69) is 4.98 Å². The molecule has 1 aliphatic heterocycles. The molecule has 0 aromatic carbocycles. The van der Waals surface area contributed by atoms with Crippen molar-refractivity contribution in [2.24, 2.45) is 5.73 Å². The molecule has 1 aliphatic rings. The van der Waals surface area contributed by atoms with Crippen LogP contribution in [0, 0.1) is 0 Å². The van der Waals surface area contributed by atoms with Crippen molar-refractivity contribution in [2.45, 2.75) is 37.8 Å². The summed E-state index contributed by atoms with van der Waals surface area (Å²) < 4.78 is 0. The summed E-state index contributed by atoms with van der Waals surface area (Å²) in [4.78, 5) is 28.7. The fourth-order valence-corrected chi connectivity index (χ4v) is 2.57. The number of likely N-dealkylation sites (tertiary alicyclic amines) is 1. The minimum atomic E-state index is -0.932. The lowest BCUT2D eigenvalue weighted by atomic mass is 10.1. The van der Waals surface area contributed by atoms with Crippen molar-refractivity contribution in [3.8, 4) is 0 Å². The first-order valence-electron chi connectivity index (χ1n) is 6.77. The average Bonchev–Trinajstić information content (AvgIpc) is 2.94. The van der Waals surface area contributed by atoms with E-state index in [9.17, 15) is 9.59 Å². The highest BCUT2D eigenvalue weighted by Crippen LogP contribution is 2.31. The lowest BCUT2D eigenvalue weighted by molar-refractivity contribution is -0.137. The van der Waals surface area contributed by atoms with Crippen molar-refractivity contribution < 1.29 is 14.7 Å². The van der Waals surface area contributed by atoms with E-state index in [1.165, 1.54) is 0 Å². The third-order valence-corrected chi connectivity index (χ3v) is 3.59. The number of nitrogens with zero attached hydrogens (tertiary/aromatic N) is 2. The van der Waals surface area contributed by atoms with Gasteiger partial charge in [0.2, 0.25) is 5.91 Å². The van der Waals surface area contributed by atoms with Crippen molar-refractivity contribution in [3.63, 3.8) is 0 Å². The smallest absolute Gasteiger partial charge is 0.303 e. The van der Waals surface area contributed by atoms with Crippen molar-refractivity contribution in [2.75, 3.05) is 6.54 Å². The minimum Gasteiger partial charge on any atom is -0.481 e. The van der Waals surface area contributed by atoms with Crippen LogP contribution in [0.5, 0.6) is 0 Å². The largest absolute Gasteiger partial charge is 0.481 e. The molecule has 6 nitrogen and oxygen atoms in total. The second-order valence-electron chi connectivity index (χ2n) is 5.01. The van der Waals surface area contributed by atoms with Crippen LogP contribution < -0.4 is 5.73 Å². The third kappa shape index (κ3) is 3.33. The maximum Gasteiger partial charge on any atom is 0.303 e. The summed E-state index contributed by atoms with van der Waals surface area (Å²) in [6.07, 6.45) is 5.37. The van der Waals surface area contributed by atoms with Crippen LogP contribution in [0.1, 0.15) is 37.3 Å². The van der Waals surface area contributed by atoms with Gasteiger partial charge in [0.15, 0.2) is 0 Å². The zero-order valence-corrected chi connectivity index (χ0v) is 11.2. The number of nitrogens with two attached hydrogens (primary N) is 1. The summed E-state index contributed by atoms with van der Waals surface area (Å²) in [7, 11) is 0. The molecular formula is C14H19N3O3. The van der Waals surface area contributed by atoms with Gasteiger partial charge in [-0.2, -0.15) is 0 Å². The Morgan fingerprint density at radius 2 is 2.35 bits per heavy atom. The Bertz CT molecular complexity index is 478. The normalized spacial score (nSPS) is 19.9. The maximum atomic E-state index is 12.3. The van der Waals surface area contributed by atoms with Gasteiger partial charge in [-0.25, -0.2) is 0 Å². The molecule has 0 radical (unpaired) electrons. The number of rotatable bonds is 5. The molecule has 2 atom stereocenters. The summed E-state index contributed by atoms with van der Waals surface area (Å²) in [5.41, 5.74) is 6.82. The summed E-state index contributed by atoms with van der Waals surface area (Å²) >= 11 is 0. The van der Waals surface area contributed by atoms with Gasteiger partial charge in [0.25, 0.3) is 0 Å². The van der Waals surface area contributed by atoms with E-state index in [1.54, 1.807) is 17.3 Å². The van der Waals surface area contributed by atoms with Crippen LogP contribution in [0.25, 0.3) is 0 Å². The number of hydrogen-bond acceptors (Lipinski definition) is 4. The minimum absolute atomic E-state index is 0.00655. The summed E-state index contributed by atoms with van der Waals surface area (Å²) in [5.74, 6) is -1.10. The number of aliphatic carboxylic acids is 1. The van der Waals surface area contributed by atoms with Gasteiger partial charge in [-0.15, -0.1) is 0 Å².